The zero-order valence-electron chi connectivity index (χ0n) is 18.7. The number of fused-ring (bicyclic) bond motifs is 2. The molecule has 6 rings (SSSR count). The van der Waals surface area contributed by atoms with Crippen molar-refractivity contribution < 1.29 is 18.7 Å². The summed E-state index contributed by atoms with van der Waals surface area (Å²) in [5.74, 6) is 0.856. The molecule has 1 aliphatic heterocycles. The topological polar surface area (TPSA) is 77.8 Å². The molecule has 0 atom stereocenters. The maximum atomic E-state index is 13.3. The Labute approximate surface area is 196 Å². The Hall–Kier alpha value is -4.06. The molecule has 1 aliphatic carbocycles. The maximum absolute atomic E-state index is 13.3. The van der Waals surface area contributed by atoms with Crippen LogP contribution in [0.2, 0.25) is 0 Å². The minimum atomic E-state index is -0.560. The summed E-state index contributed by atoms with van der Waals surface area (Å²) in [5.41, 5.74) is 2.27. The molecular weight excluding hydrogens is 430 g/mol. The summed E-state index contributed by atoms with van der Waals surface area (Å²) >= 11 is 0. The number of amides is 1. The van der Waals surface area contributed by atoms with E-state index in [0.29, 0.717) is 33.9 Å². The first-order chi connectivity index (χ1) is 16.5. The van der Waals surface area contributed by atoms with Crippen LogP contribution in [0.5, 0.6) is 11.5 Å². The van der Waals surface area contributed by atoms with E-state index < -0.39 is 5.79 Å². The maximum Gasteiger partial charge on any atom is 0.259 e. The molecule has 2 aliphatic rings. The third-order valence-electron chi connectivity index (χ3n) is 6.58. The molecule has 3 aromatic carbocycles. The highest BCUT2D eigenvalue weighted by molar-refractivity contribution is 6.11. The van der Waals surface area contributed by atoms with Crippen molar-refractivity contribution in [2.24, 2.45) is 0 Å². The van der Waals surface area contributed by atoms with Crippen LogP contribution in [0.15, 0.2) is 75.9 Å². The average Bonchev–Trinajstić information content (AvgIpc) is 3.46. The zero-order valence-corrected chi connectivity index (χ0v) is 18.7. The predicted octanol–water partition coefficient (Wildman–Crippen LogP) is 6.06. The molecule has 34 heavy (non-hydrogen) atoms. The molecule has 170 valence electrons. The number of nitrogens with one attached hydrogen (secondary N) is 1. The fraction of sp³-hybridized carbons (Fsp3) is 0.214. The molecule has 4 aromatic rings. The lowest BCUT2D eigenvalue weighted by Crippen LogP contribution is -2.34. The Morgan fingerprint density at radius 3 is 2.47 bits per heavy atom. The number of benzene rings is 3. The van der Waals surface area contributed by atoms with Gasteiger partial charge in [-0.1, -0.05) is 36.4 Å². The van der Waals surface area contributed by atoms with Gasteiger partial charge in [0.1, 0.15) is 5.76 Å². The summed E-state index contributed by atoms with van der Waals surface area (Å²) in [6.07, 6.45) is 3.88. The minimum Gasteiger partial charge on any atom is -0.455 e. The van der Waals surface area contributed by atoms with Gasteiger partial charge in [-0.2, -0.15) is 0 Å². The number of rotatable bonds is 3. The van der Waals surface area contributed by atoms with Crippen molar-refractivity contribution in [3.05, 3.63) is 88.1 Å². The molecule has 0 bridgehead atoms. The molecular formula is C28H23NO5. The van der Waals surface area contributed by atoms with Crippen LogP contribution in [0, 0.1) is 6.92 Å². The Morgan fingerprint density at radius 1 is 0.912 bits per heavy atom. The van der Waals surface area contributed by atoms with Crippen molar-refractivity contribution >= 4 is 22.6 Å². The first-order valence-electron chi connectivity index (χ1n) is 11.5. The molecule has 1 amide bonds. The van der Waals surface area contributed by atoms with Crippen molar-refractivity contribution in [2.45, 2.75) is 38.4 Å². The van der Waals surface area contributed by atoms with Gasteiger partial charge in [-0.15, -0.1) is 0 Å². The van der Waals surface area contributed by atoms with Crippen LogP contribution in [0.3, 0.4) is 0 Å². The summed E-state index contributed by atoms with van der Waals surface area (Å²) in [6.45, 7) is 1.74. The molecule has 6 heteroatoms. The standard InChI is InChI=1S/C28H23NO5/c1-17-24(30)20-10-7-11-21(26(20)32-25(17)18-8-3-2-4-9-18)27(31)29-19-12-13-22-23(16-19)34-28(33-22)14-5-6-15-28/h2-4,7-13,16H,5-6,14-15H2,1H3,(H,29,31). The largest absolute Gasteiger partial charge is 0.455 e. The van der Waals surface area contributed by atoms with Gasteiger partial charge < -0.3 is 19.2 Å². The van der Waals surface area contributed by atoms with Crippen LogP contribution in [0.25, 0.3) is 22.3 Å². The second-order valence-corrected chi connectivity index (χ2v) is 8.87. The van der Waals surface area contributed by atoms with E-state index in [0.717, 1.165) is 31.2 Å². The Balaban J connectivity index is 1.36. The molecule has 2 heterocycles. The Morgan fingerprint density at radius 2 is 1.68 bits per heavy atom. The first kappa shape index (κ1) is 20.5. The lowest BCUT2D eigenvalue weighted by molar-refractivity contribution is -0.0716. The van der Waals surface area contributed by atoms with Crippen LogP contribution in [0.1, 0.15) is 41.6 Å². The highest BCUT2D eigenvalue weighted by Crippen LogP contribution is 2.47. The SMILES string of the molecule is Cc1c(-c2ccccc2)oc2c(C(=O)Nc3ccc4c(c3)OC3(CCCC3)O4)cccc2c1=O. The minimum absolute atomic E-state index is 0.153. The number of hydrogen-bond donors (Lipinski definition) is 1. The molecule has 1 saturated carbocycles. The van der Waals surface area contributed by atoms with E-state index in [1.54, 1.807) is 37.3 Å². The van der Waals surface area contributed by atoms with E-state index in [1.807, 2.05) is 36.4 Å². The van der Waals surface area contributed by atoms with Crippen molar-refractivity contribution in [3.63, 3.8) is 0 Å². The fourth-order valence-electron chi connectivity index (χ4n) is 4.84. The second-order valence-electron chi connectivity index (χ2n) is 8.87. The van der Waals surface area contributed by atoms with E-state index in [4.69, 9.17) is 13.9 Å². The first-order valence-corrected chi connectivity index (χ1v) is 11.5. The summed E-state index contributed by atoms with van der Waals surface area (Å²) in [7, 11) is 0. The second kappa shape index (κ2) is 7.76. The summed E-state index contributed by atoms with van der Waals surface area (Å²) in [4.78, 5) is 26.4. The average molecular weight is 453 g/mol. The van der Waals surface area contributed by atoms with Gasteiger partial charge in [0.2, 0.25) is 0 Å². The van der Waals surface area contributed by atoms with Crippen LogP contribution < -0.4 is 20.2 Å². The van der Waals surface area contributed by atoms with Crippen molar-refractivity contribution in [1.82, 2.24) is 0 Å². The number of hydrogen-bond acceptors (Lipinski definition) is 5. The fourth-order valence-corrected chi connectivity index (χ4v) is 4.84. The van der Waals surface area contributed by atoms with Gasteiger partial charge in [-0.05, 0) is 44.0 Å². The van der Waals surface area contributed by atoms with Gasteiger partial charge in [0.05, 0.1) is 10.9 Å². The molecule has 1 N–H and O–H groups in total. The third kappa shape index (κ3) is 3.34. The number of ether oxygens (including phenoxy) is 2. The van der Waals surface area contributed by atoms with Crippen molar-refractivity contribution in [3.8, 4) is 22.8 Å². The number of carbonyl (C=O) groups is 1. The van der Waals surface area contributed by atoms with Crippen LogP contribution in [-0.2, 0) is 0 Å². The van der Waals surface area contributed by atoms with E-state index in [9.17, 15) is 9.59 Å². The lowest BCUT2D eigenvalue weighted by atomic mass is 10.0. The Kier molecular flexibility index (Phi) is 4.69. The summed E-state index contributed by atoms with van der Waals surface area (Å²) in [5, 5.41) is 3.29. The molecule has 0 saturated heterocycles. The van der Waals surface area contributed by atoms with E-state index in [2.05, 4.69) is 5.32 Å². The highest BCUT2D eigenvalue weighted by atomic mass is 16.7. The van der Waals surface area contributed by atoms with Gasteiger partial charge in [0, 0.05) is 35.7 Å². The quantitative estimate of drug-likeness (QED) is 0.408. The molecule has 1 spiro atoms. The third-order valence-corrected chi connectivity index (χ3v) is 6.58. The molecule has 0 unspecified atom stereocenters. The number of carbonyl (C=O) groups excluding carboxylic acids is 1. The highest BCUT2D eigenvalue weighted by Gasteiger charge is 2.44. The van der Waals surface area contributed by atoms with Crippen molar-refractivity contribution in [2.75, 3.05) is 5.32 Å². The number of anilines is 1. The molecule has 6 nitrogen and oxygen atoms in total. The van der Waals surface area contributed by atoms with Gasteiger partial charge in [0.15, 0.2) is 22.5 Å². The van der Waals surface area contributed by atoms with Crippen LogP contribution in [-0.4, -0.2) is 11.7 Å². The van der Waals surface area contributed by atoms with E-state index in [-0.39, 0.29) is 22.5 Å². The van der Waals surface area contributed by atoms with Crippen LogP contribution in [0.4, 0.5) is 5.69 Å². The summed E-state index contributed by atoms with van der Waals surface area (Å²) < 4.78 is 18.3. The smallest absolute Gasteiger partial charge is 0.259 e. The van der Waals surface area contributed by atoms with Crippen molar-refractivity contribution in [1.29, 1.82) is 0 Å². The molecule has 1 fully saturated rings. The molecule has 1 aromatic heterocycles. The van der Waals surface area contributed by atoms with Crippen LogP contribution >= 0.6 is 0 Å². The monoisotopic (exact) mass is 453 g/mol. The van der Waals surface area contributed by atoms with E-state index in [1.165, 1.54) is 0 Å². The normalized spacial score (nSPS) is 15.7. The molecule has 0 radical (unpaired) electrons. The van der Waals surface area contributed by atoms with Gasteiger partial charge >= 0.3 is 0 Å². The van der Waals surface area contributed by atoms with Gasteiger partial charge in [0.25, 0.3) is 11.7 Å². The zero-order chi connectivity index (χ0) is 23.3. The van der Waals surface area contributed by atoms with E-state index >= 15 is 0 Å². The van der Waals surface area contributed by atoms with Gasteiger partial charge in [-0.25, -0.2) is 0 Å². The number of para-hydroxylation sites is 1. The Bertz CT molecular complexity index is 1480. The summed E-state index contributed by atoms with van der Waals surface area (Å²) in [6, 6.07) is 19.8. The van der Waals surface area contributed by atoms with Gasteiger partial charge in [-0.3, -0.25) is 9.59 Å². The lowest BCUT2D eigenvalue weighted by Gasteiger charge is -2.21. The predicted molar refractivity (Wildman–Crippen MR) is 130 cm³/mol.